The quantitative estimate of drug-likeness (QED) is 0.662. The van der Waals surface area contributed by atoms with Crippen molar-refractivity contribution >= 4 is 34.1 Å². The van der Waals surface area contributed by atoms with Gasteiger partial charge in [0.1, 0.15) is 5.75 Å². The number of fused-ring (bicyclic) bond motifs is 1. The Kier molecular flexibility index (Phi) is 4.35. The lowest BCUT2D eigenvalue weighted by Gasteiger charge is -2.10. The van der Waals surface area contributed by atoms with Gasteiger partial charge in [-0.1, -0.05) is 41.9 Å². The van der Waals surface area contributed by atoms with Gasteiger partial charge in [0, 0.05) is 17.0 Å². The molecular formula is C18H15ClN2O2. The minimum absolute atomic E-state index is 0.160. The first-order valence-corrected chi connectivity index (χ1v) is 7.51. The van der Waals surface area contributed by atoms with E-state index >= 15 is 0 Å². The van der Waals surface area contributed by atoms with Crippen LogP contribution in [-0.4, -0.2) is 11.1 Å². The Labute approximate surface area is 138 Å². The van der Waals surface area contributed by atoms with Crippen LogP contribution in [0.25, 0.3) is 10.8 Å². The summed E-state index contributed by atoms with van der Waals surface area (Å²) in [6, 6.07) is 17.6. The zero-order valence-electron chi connectivity index (χ0n) is 12.2. The maximum Gasteiger partial charge on any atom is 0.319 e. The summed E-state index contributed by atoms with van der Waals surface area (Å²) in [4.78, 5) is 12.1. The van der Waals surface area contributed by atoms with Crippen LogP contribution in [0.1, 0.15) is 5.56 Å². The molecule has 116 valence electrons. The minimum atomic E-state index is -0.309. The van der Waals surface area contributed by atoms with E-state index in [-0.39, 0.29) is 11.8 Å². The first-order chi connectivity index (χ1) is 11.1. The Balaban J connectivity index is 1.70. The second-order valence-electron chi connectivity index (χ2n) is 5.15. The molecule has 0 heterocycles. The molecule has 0 spiro atoms. The topological polar surface area (TPSA) is 61.4 Å². The van der Waals surface area contributed by atoms with Crippen LogP contribution >= 0.6 is 11.6 Å². The molecule has 4 nitrogen and oxygen atoms in total. The van der Waals surface area contributed by atoms with Gasteiger partial charge in [0.05, 0.1) is 5.69 Å². The molecule has 0 radical (unpaired) electrons. The van der Waals surface area contributed by atoms with E-state index in [9.17, 15) is 9.90 Å². The maximum atomic E-state index is 12.1. The lowest BCUT2D eigenvalue weighted by Crippen LogP contribution is -2.28. The van der Waals surface area contributed by atoms with E-state index in [2.05, 4.69) is 10.6 Å². The summed E-state index contributed by atoms with van der Waals surface area (Å²) in [7, 11) is 0. The van der Waals surface area contributed by atoms with Crippen LogP contribution < -0.4 is 10.6 Å². The fraction of sp³-hybridized carbons (Fsp3) is 0.0556. The molecule has 0 unspecified atom stereocenters. The summed E-state index contributed by atoms with van der Waals surface area (Å²) in [5.41, 5.74) is 1.60. The number of benzene rings is 3. The van der Waals surface area contributed by atoms with Gasteiger partial charge in [-0.25, -0.2) is 4.79 Å². The Morgan fingerprint density at radius 1 is 1.04 bits per heavy atom. The van der Waals surface area contributed by atoms with Crippen molar-refractivity contribution in [2.75, 3.05) is 5.32 Å². The highest BCUT2D eigenvalue weighted by Crippen LogP contribution is 2.26. The van der Waals surface area contributed by atoms with Gasteiger partial charge in [-0.2, -0.15) is 0 Å². The van der Waals surface area contributed by atoms with E-state index in [0.29, 0.717) is 17.3 Å². The monoisotopic (exact) mass is 326 g/mol. The van der Waals surface area contributed by atoms with Crippen LogP contribution in [0.2, 0.25) is 5.02 Å². The molecule has 0 aliphatic rings. The lowest BCUT2D eigenvalue weighted by atomic mass is 10.1. The third-order valence-corrected chi connectivity index (χ3v) is 3.73. The maximum absolute atomic E-state index is 12.1. The van der Waals surface area contributed by atoms with Crippen molar-refractivity contribution in [1.29, 1.82) is 0 Å². The number of carbonyl (C=O) groups excluding carboxylic acids is 1. The number of nitrogens with one attached hydrogen (secondary N) is 2. The van der Waals surface area contributed by atoms with Crippen LogP contribution in [0, 0.1) is 0 Å². The zero-order valence-corrected chi connectivity index (χ0v) is 13.0. The summed E-state index contributed by atoms with van der Waals surface area (Å²) in [6.45, 7) is 0.402. The summed E-state index contributed by atoms with van der Waals surface area (Å²) < 4.78 is 0. The molecule has 3 aromatic rings. The van der Waals surface area contributed by atoms with Crippen LogP contribution in [0.5, 0.6) is 5.75 Å². The van der Waals surface area contributed by atoms with E-state index < -0.39 is 0 Å². The number of hydrogen-bond acceptors (Lipinski definition) is 2. The Bertz CT molecular complexity index is 847. The fourth-order valence-electron chi connectivity index (χ4n) is 2.32. The Hall–Kier alpha value is -2.72. The molecule has 3 aromatic carbocycles. The number of rotatable bonds is 3. The van der Waals surface area contributed by atoms with Gasteiger partial charge >= 0.3 is 6.03 Å². The number of anilines is 1. The second kappa shape index (κ2) is 6.58. The number of halogens is 1. The molecular weight excluding hydrogens is 312 g/mol. The van der Waals surface area contributed by atoms with Crippen molar-refractivity contribution in [3.63, 3.8) is 0 Å². The van der Waals surface area contributed by atoms with Crippen molar-refractivity contribution in [2.24, 2.45) is 0 Å². The molecule has 0 saturated heterocycles. The molecule has 2 amide bonds. The van der Waals surface area contributed by atoms with E-state index in [4.69, 9.17) is 11.6 Å². The molecule has 3 N–H and O–H groups in total. The highest BCUT2D eigenvalue weighted by molar-refractivity contribution is 6.30. The smallest absolute Gasteiger partial charge is 0.319 e. The predicted octanol–water partition coefficient (Wildman–Crippen LogP) is 4.52. The second-order valence-corrected chi connectivity index (χ2v) is 5.58. The van der Waals surface area contributed by atoms with Crippen molar-refractivity contribution in [3.8, 4) is 5.75 Å². The number of carbonyl (C=O) groups is 1. The first kappa shape index (κ1) is 15.2. The number of urea groups is 1. The average Bonchev–Trinajstić information content (AvgIpc) is 2.55. The molecule has 0 saturated carbocycles. The van der Waals surface area contributed by atoms with Crippen molar-refractivity contribution < 1.29 is 9.90 Å². The van der Waals surface area contributed by atoms with Gasteiger partial charge in [0.25, 0.3) is 0 Å². The minimum Gasteiger partial charge on any atom is -0.508 e. The van der Waals surface area contributed by atoms with Crippen LogP contribution in [-0.2, 0) is 6.54 Å². The van der Waals surface area contributed by atoms with E-state index in [0.717, 1.165) is 16.3 Å². The lowest BCUT2D eigenvalue weighted by molar-refractivity contribution is 0.252. The third kappa shape index (κ3) is 3.73. The highest BCUT2D eigenvalue weighted by atomic mass is 35.5. The summed E-state index contributed by atoms with van der Waals surface area (Å²) >= 11 is 5.83. The SMILES string of the molecule is O=C(NCc1ccc(Cl)cc1)Nc1cccc2ccc(O)cc12. The predicted molar refractivity (Wildman–Crippen MR) is 92.9 cm³/mol. The zero-order chi connectivity index (χ0) is 16.2. The number of phenols is 1. The van der Waals surface area contributed by atoms with Crippen molar-refractivity contribution in [2.45, 2.75) is 6.54 Å². The average molecular weight is 327 g/mol. The number of aromatic hydroxyl groups is 1. The molecule has 23 heavy (non-hydrogen) atoms. The summed E-state index contributed by atoms with van der Waals surface area (Å²) in [6.07, 6.45) is 0. The first-order valence-electron chi connectivity index (χ1n) is 7.13. The van der Waals surface area contributed by atoms with Crippen LogP contribution in [0.4, 0.5) is 10.5 Å². The number of amides is 2. The number of hydrogen-bond donors (Lipinski definition) is 3. The van der Waals surface area contributed by atoms with Crippen molar-refractivity contribution in [1.82, 2.24) is 5.32 Å². The standard InChI is InChI=1S/C18H15ClN2O2/c19-14-7-4-12(5-8-14)11-20-18(23)21-17-3-1-2-13-6-9-15(22)10-16(13)17/h1-10,22H,11H2,(H2,20,21,23). The molecule has 5 heteroatoms. The summed E-state index contributed by atoms with van der Waals surface area (Å²) in [5, 5.41) is 17.6. The van der Waals surface area contributed by atoms with E-state index in [1.54, 1.807) is 30.3 Å². The molecule has 0 aromatic heterocycles. The summed E-state index contributed by atoms with van der Waals surface area (Å²) in [5.74, 6) is 0.160. The normalized spacial score (nSPS) is 10.5. The van der Waals surface area contributed by atoms with Gasteiger partial charge < -0.3 is 15.7 Å². The molecule has 0 bridgehead atoms. The van der Waals surface area contributed by atoms with Gasteiger partial charge in [0.15, 0.2) is 0 Å². The van der Waals surface area contributed by atoms with Crippen LogP contribution in [0.15, 0.2) is 60.7 Å². The molecule has 3 rings (SSSR count). The van der Waals surface area contributed by atoms with Gasteiger partial charge in [-0.3, -0.25) is 0 Å². The van der Waals surface area contributed by atoms with E-state index in [1.165, 1.54) is 0 Å². The van der Waals surface area contributed by atoms with Gasteiger partial charge in [0.2, 0.25) is 0 Å². The van der Waals surface area contributed by atoms with Gasteiger partial charge in [-0.05, 0) is 41.3 Å². The largest absolute Gasteiger partial charge is 0.508 e. The third-order valence-electron chi connectivity index (χ3n) is 3.48. The van der Waals surface area contributed by atoms with Crippen LogP contribution in [0.3, 0.4) is 0 Å². The highest BCUT2D eigenvalue weighted by Gasteiger charge is 2.06. The molecule has 0 aliphatic heterocycles. The Morgan fingerprint density at radius 2 is 1.83 bits per heavy atom. The molecule has 0 atom stereocenters. The Morgan fingerprint density at radius 3 is 2.61 bits per heavy atom. The van der Waals surface area contributed by atoms with Crippen molar-refractivity contribution in [3.05, 3.63) is 71.2 Å². The number of phenolic OH excluding ortho intramolecular Hbond substituents is 1. The fourth-order valence-corrected chi connectivity index (χ4v) is 2.45. The van der Waals surface area contributed by atoms with Gasteiger partial charge in [-0.15, -0.1) is 0 Å². The molecule has 0 fully saturated rings. The van der Waals surface area contributed by atoms with E-state index in [1.807, 2.05) is 30.3 Å². The molecule has 0 aliphatic carbocycles.